The Kier molecular flexibility index (Phi) is 7.60. The summed E-state index contributed by atoms with van der Waals surface area (Å²) >= 11 is 0. The lowest BCUT2D eigenvalue weighted by Crippen LogP contribution is -2.18. The van der Waals surface area contributed by atoms with Crippen LogP contribution in [0.15, 0.2) is 30.3 Å². The van der Waals surface area contributed by atoms with E-state index in [1.807, 2.05) is 13.0 Å². The van der Waals surface area contributed by atoms with Crippen LogP contribution in [-0.4, -0.2) is 45.7 Å². The minimum atomic E-state index is 0.340. The van der Waals surface area contributed by atoms with Crippen LogP contribution in [0.3, 0.4) is 0 Å². The third-order valence-electron chi connectivity index (χ3n) is 6.00. The second-order valence-corrected chi connectivity index (χ2v) is 8.49. The van der Waals surface area contributed by atoms with Crippen LogP contribution in [-0.2, 0) is 24.4 Å². The van der Waals surface area contributed by atoms with Gasteiger partial charge in [-0.1, -0.05) is 37.6 Å². The molecule has 0 unspecified atom stereocenters. The third kappa shape index (κ3) is 5.40. The van der Waals surface area contributed by atoms with Crippen molar-refractivity contribution < 1.29 is 9.47 Å². The van der Waals surface area contributed by atoms with E-state index in [1.165, 1.54) is 37.1 Å². The zero-order chi connectivity index (χ0) is 22.3. The molecule has 3 aromatic rings. The van der Waals surface area contributed by atoms with Crippen molar-refractivity contribution in [2.45, 2.75) is 59.2 Å². The molecule has 7 nitrogen and oxygen atoms in total. The Morgan fingerprint density at radius 1 is 1.00 bits per heavy atom. The van der Waals surface area contributed by atoms with Crippen molar-refractivity contribution in [3.8, 4) is 6.01 Å². The SMILES string of the molecule is CCCCOc1nc(N)c2cc(COCC)n(Cc3ccc(CN4CCCC4)cc3)c2n1. The summed E-state index contributed by atoms with van der Waals surface area (Å²) in [7, 11) is 0. The quantitative estimate of drug-likeness (QED) is 0.449. The second kappa shape index (κ2) is 10.8. The van der Waals surface area contributed by atoms with Crippen LogP contribution >= 0.6 is 0 Å². The molecule has 0 atom stereocenters. The first-order valence-electron chi connectivity index (χ1n) is 11.8. The predicted molar refractivity (Wildman–Crippen MR) is 128 cm³/mol. The zero-order valence-electron chi connectivity index (χ0n) is 19.3. The fraction of sp³-hybridized carbons (Fsp3) is 0.520. The largest absolute Gasteiger partial charge is 0.463 e. The number of nitrogens with zero attached hydrogens (tertiary/aromatic N) is 4. The predicted octanol–water partition coefficient (Wildman–Crippen LogP) is 4.37. The molecule has 4 rings (SSSR count). The van der Waals surface area contributed by atoms with Crippen LogP contribution in [0.1, 0.15) is 56.4 Å². The molecule has 1 aliphatic rings. The average Bonchev–Trinajstić information content (AvgIpc) is 3.42. The number of hydrogen-bond acceptors (Lipinski definition) is 6. The summed E-state index contributed by atoms with van der Waals surface area (Å²) in [6, 6.07) is 11.3. The first-order chi connectivity index (χ1) is 15.7. The number of aromatic nitrogens is 3. The molecule has 0 amide bonds. The summed E-state index contributed by atoms with van der Waals surface area (Å²) in [6.07, 6.45) is 4.65. The van der Waals surface area contributed by atoms with Crippen molar-refractivity contribution in [1.82, 2.24) is 19.4 Å². The summed E-state index contributed by atoms with van der Waals surface area (Å²) in [4.78, 5) is 11.6. The number of fused-ring (bicyclic) bond motifs is 1. The highest BCUT2D eigenvalue weighted by Crippen LogP contribution is 2.27. The van der Waals surface area contributed by atoms with Gasteiger partial charge in [0.2, 0.25) is 0 Å². The van der Waals surface area contributed by atoms with Crippen molar-refractivity contribution in [3.05, 3.63) is 47.2 Å². The normalized spacial score (nSPS) is 14.4. The molecule has 1 fully saturated rings. The molecule has 0 aliphatic carbocycles. The molecule has 1 saturated heterocycles. The molecule has 3 heterocycles. The van der Waals surface area contributed by atoms with Gasteiger partial charge in [-0.05, 0) is 56.5 Å². The molecule has 0 saturated carbocycles. The molecule has 1 aliphatic heterocycles. The van der Waals surface area contributed by atoms with Gasteiger partial charge >= 0.3 is 6.01 Å². The van der Waals surface area contributed by atoms with Gasteiger partial charge in [0.05, 0.1) is 18.6 Å². The Balaban J connectivity index is 1.59. The van der Waals surface area contributed by atoms with Crippen LogP contribution in [0.2, 0.25) is 0 Å². The number of likely N-dealkylation sites (tertiary alicyclic amines) is 1. The van der Waals surface area contributed by atoms with Gasteiger partial charge in [-0.25, -0.2) is 0 Å². The fourth-order valence-corrected chi connectivity index (χ4v) is 4.19. The van der Waals surface area contributed by atoms with E-state index >= 15 is 0 Å². The van der Waals surface area contributed by atoms with Crippen molar-refractivity contribution in [2.75, 3.05) is 32.0 Å². The summed E-state index contributed by atoms with van der Waals surface area (Å²) in [5.41, 5.74) is 10.7. The molecule has 7 heteroatoms. The summed E-state index contributed by atoms with van der Waals surface area (Å²) < 4.78 is 13.7. The number of anilines is 1. The lowest BCUT2D eigenvalue weighted by molar-refractivity contribution is 0.129. The van der Waals surface area contributed by atoms with Crippen molar-refractivity contribution in [2.24, 2.45) is 0 Å². The van der Waals surface area contributed by atoms with Gasteiger partial charge in [-0.3, -0.25) is 4.90 Å². The third-order valence-corrected chi connectivity index (χ3v) is 6.00. The molecule has 32 heavy (non-hydrogen) atoms. The number of nitrogen functional groups attached to an aromatic ring is 1. The smallest absolute Gasteiger partial charge is 0.320 e. The van der Waals surface area contributed by atoms with Gasteiger partial charge in [0, 0.05) is 25.4 Å². The Labute approximate surface area is 190 Å². The molecule has 2 N–H and O–H groups in total. The maximum atomic E-state index is 6.27. The van der Waals surface area contributed by atoms with Gasteiger partial charge in [0.1, 0.15) is 11.5 Å². The number of ether oxygens (including phenoxy) is 2. The Bertz CT molecular complexity index is 1010. The molecule has 1 aromatic carbocycles. The number of hydrogen-bond donors (Lipinski definition) is 1. The Morgan fingerprint density at radius 3 is 2.41 bits per heavy atom. The Morgan fingerprint density at radius 2 is 1.72 bits per heavy atom. The fourth-order valence-electron chi connectivity index (χ4n) is 4.19. The summed E-state index contributed by atoms with van der Waals surface area (Å²) in [5, 5.41) is 0.841. The van der Waals surface area contributed by atoms with E-state index in [-0.39, 0.29) is 0 Å². The van der Waals surface area contributed by atoms with Gasteiger partial charge in [-0.15, -0.1) is 0 Å². The van der Waals surface area contributed by atoms with Gasteiger partial charge < -0.3 is 19.8 Å². The zero-order valence-corrected chi connectivity index (χ0v) is 19.3. The van der Waals surface area contributed by atoms with Gasteiger partial charge in [0.25, 0.3) is 0 Å². The summed E-state index contributed by atoms with van der Waals surface area (Å²) in [6.45, 7) is 10.0. The topological polar surface area (TPSA) is 78.4 Å². The number of benzene rings is 1. The van der Waals surface area contributed by atoms with E-state index in [0.717, 1.165) is 36.1 Å². The van der Waals surface area contributed by atoms with E-state index in [0.29, 0.717) is 38.2 Å². The van der Waals surface area contributed by atoms with Crippen molar-refractivity contribution >= 4 is 16.9 Å². The van der Waals surface area contributed by atoms with Crippen LogP contribution in [0.4, 0.5) is 5.82 Å². The van der Waals surface area contributed by atoms with Crippen LogP contribution < -0.4 is 10.5 Å². The first kappa shape index (κ1) is 22.6. The van der Waals surface area contributed by atoms with Crippen LogP contribution in [0.5, 0.6) is 6.01 Å². The van der Waals surface area contributed by atoms with Crippen molar-refractivity contribution in [3.63, 3.8) is 0 Å². The molecule has 0 spiro atoms. The monoisotopic (exact) mass is 437 g/mol. The average molecular weight is 438 g/mol. The van der Waals surface area contributed by atoms with Gasteiger partial charge in [0.15, 0.2) is 0 Å². The van der Waals surface area contributed by atoms with E-state index < -0.39 is 0 Å². The maximum Gasteiger partial charge on any atom is 0.320 e. The van der Waals surface area contributed by atoms with Gasteiger partial charge in [-0.2, -0.15) is 9.97 Å². The number of unbranched alkanes of at least 4 members (excludes halogenated alkanes) is 1. The molecular weight excluding hydrogens is 402 g/mol. The molecule has 2 aromatic heterocycles. The minimum Gasteiger partial charge on any atom is -0.463 e. The minimum absolute atomic E-state index is 0.340. The number of nitrogens with two attached hydrogens (primary N) is 1. The van der Waals surface area contributed by atoms with E-state index in [2.05, 4.69) is 45.6 Å². The lowest BCUT2D eigenvalue weighted by Gasteiger charge is -2.15. The Hall–Kier alpha value is -2.64. The maximum absolute atomic E-state index is 6.27. The molecule has 0 bridgehead atoms. The highest BCUT2D eigenvalue weighted by atomic mass is 16.5. The molecular formula is C25H35N5O2. The molecule has 172 valence electrons. The highest BCUT2D eigenvalue weighted by Gasteiger charge is 2.17. The van der Waals surface area contributed by atoms with Crippen LogP contribution in [0.25, 0.3) is 11.0 Å². The van der Waals surface area contributed by atoms with E-state index in [9.17, 15) is 0 Å². The first-order valence-corrected chi connectivity index (χ1v) is 11.8. The number of rotatable bonds is 11. The summed E-state index contributed by atoms with van der Waals surface area (Å²) in [5.74, 6) is 0.443. The second-order valence-electron chi connectivity index (χ2n) is 8.49. The van der Waals surface area contributed by atoms with E-state index in [1.54, 1.807) is 0 Å². The van der Waals surface area contributed by atoms with E-state index in [4.69, 9.17) is 20.2 Å². The highest BCUT2D eigenvalue weighted by molar-refractivity contribution is 5.87. The van der Waals surface area contributed by atoms with Crippen LogP contribution in [0, 0.1) is 0 Å². The standard InChI is InChI=1S/C25H35N5O2/c1-3-5-14-32-25-27-23(26)22-15-21(18-31-4-2)30(24(22)28-25)17-20-10-8-19(9-11-20)16-29-12-6-7-13-29/h8-11,15H,3-7,12-14,16-18H2,1-2H3,(H2,26,27,28). The molecule has 0 radical (unpaired) electrons. The lowest BCUT2D eigenvalue weighted by atomic mass is 10.1. The van der Waals surface area contributed by atoms with Crippen molar-refractivity contribution in [1.29, 1.82) is 0 Å².